The van der Waals surface area contributed by atoms with E-state index in [0.29, 0.717) is 23.2 Å². The smallest absolute Gasteiger partial charge is 0.259 e. The molecule has 32 heavy (non-hydrogen) atoms. The van der Waals surface area contributed by atoms with Crippen LogP contribution in [-0.2, 0) is 0 Å². The Balaban J connectivity index is 1.78. The van der Waals surface area contributed by atoms with E-state index in [2.05, 4.69) is 56.2 Å². The summed E-state index contributed by atoms with van der Waals surface area (Å²) in [5.74, 6) is -0.569. The van der Waals surface area contributed by atoms with Crippen LogP contribution in [-0.4, -0.2) is 34.0 Å². The lowest BCUT2D eigenvalue weighted by atomic mass is 9.96. The molecule has 8 rings (SSSR count). The van der Waals surface area contributed by atoms with E-state index in [1.54, 1.807) is 0 Å². The second kappa shape index (κ2) is 5.40. The van der Waals surface area contributed by atoms with E-state index in [0.717, 1.165) is 56.5 Å². The molecule has 2 aliphatic heterocycles. The normalized spacial score (nSPS) is 23.7. The molecular formula is C26H20N4O2. The Morgan fingerprint density at radius 3 is 2.00 bits per heavy atom. The summed E-state index contributed by atoms with van der Waals surface area (Å²) in [7, 11) is 2.05. The molecule has 3 unspecified atom stereocenters. The fourth-order valence-electron chi connectivity index (χ4n) is 6.95. The first kappa shape index (κ1) is 17.0. The van der Waals surface area contributed by atoms with E-state index in [1.165, 1.54) is 0 Å². The SMILES string of the molecule is CNC1CC2CC1n1c3ccccc3c3c4c(c5c6ccccc6n2c5c31)C(=O)NC4=O. The number of carbonyl (C=O) groups excluding carboxylic acids is 2. The molecule has 0 spiro atoms. The van der Waals surface area contributed by atoms with Crippen LogP contribution in [0.15, 0.2) is 48.5 Å². The summed E-state index contributed by atoms with van der Waals surface area (Å²) in [6.45, 7) is 0. The summed E-state index contributed by atoms with van der Waals surface area (Å²) in [4.78, 5) is 26.3. The third-order valence-electron chi connectivity index (χ3n) is 8.05. The Bertz CT molecular complexity index is 1710. The van der Waals surface area contributed by atoms with Crippen LogP contribution < -0.4 is 10.6 Å². The maximum atomic E-state index is 13.2. The second-order valence-corrected chi connectivity index (χ2v) is 9.34. The van der Waals surface area contributed by atoms with Gasteiger partial charge in [0, 0.05) is 44.7 Å². The number of aromatic nitrogens is 2. The maximum absolute atomic E-state index is 13.2. The Labute approximate surface area is 182 Å². The van der Waals surface area contributed by atoms with Gasteiger partial charge in [-0.2, -0.15) is 0 Å². The van der Waals surface area contributed by atoms with Crippen molar-refractivity contribution in [3.05, 3.63) is 59.7 Å². The number of nitrogens with zero attached hydrogens (tertiary/aromatic N) is 2. The van der Waals surface area contributed by atoms with Crippen molar-refractivity contribution in [2.75, 3.05) is 7.05 Å². The van der Waals surface area contributed by atoms with Gasteiger partial charge >= 0.3 is 0 Å². The maximum Gasteiger partial charge on any atom is 0.259 e. The molecule has 0 radical (unpaired) electrons. The van der Waals surface area contributed by atoms with Gasteiger partial charge in [0.15, 0.2) is 0 Å². The Kier molecular flexibility index (Phi) is 2.86. The molecule has 0 saturated heterocycles. The highest BCUT2D eigenvalue weighted by Gasteiger charge is 2.44. The quantitative estimate of drug-likeness (QED) is 0.398. The number of amides is 2. The molecule has 3 atom stereocenters. The average molecular weight is 420 g/mol. The molecule has 3 aliphatic rings. The van der Waals surface area contributed by atoms with Gasteiger partial charge in [0.25, 0.3) is 11.8 Å². The van der Waals surface area contributed by atoms with Crippen LogP contribution in [0.2, 0.25) is 0 Å². The minimum Gasteiger partial charge on any atom is -0.335 e. The van der Waals surface area contributed by atoms with Crippen LogP contribution in [0.4, 0.5) is 0 Å². The van der Waals surface area contributed by atoms with Gasteiger partial charge in [-0.15, -0.1) is 0 Å². The van der Waals surface area contributed by atoms with E-state index >= 15 is 0 Å². The number of rotatable bonds is 1. The molecule has 1 saturated carbocycles. The predicted molar refractivity (Wildman–Crippen MR) is 124 cm³/mol. The molecule has 2 bridgehead atoms. The Morgan fingerprint density at radius 1 is 0.812 bits per heavy atom. The lowest BCUT2D eigenvalue weighted by molar-refractivity contribution is 0.0880. The molecule has 3 aromatic carbocycles. The van der Waals surface area contributed by atoms with Crippen molar-refractivity contribution in [2.24, 2.45) is 0 Å². The molecule has 4 heterocycles. The molecule has 2 N–H and O–H groups in total. The molecule has 1 fully saturated rings. The zero-order valence-corrected chi connectivity index (χ0v) is 17.5. The fourth-order valence-corrected chi connectivity index (χ4v) is 6.95. The number of hydrogen-bond acceptors (Lipinski definition) is 3. The summed E-state index contributed by atoms with van der Waals surface area (Å²) in [5, 5.41) is 10.1. The molecular weight excluding hydrogens is 400 g/mol. The van der Waals surface area contributed by atoms with Gasteiger partial charge in [-0.25, -0.2) is 0 Å². The highest BCUT2D eigenvalue weighted by molar-refractivity contribution is 6.39. The predicted octanol–water partition coefficient (Wildman–Crippen LogP) is 4.26. The van der Waals surface area contributed by atoms with Gasteiger partial charge in [-0.05, 0) is 32.0 Å². The number of nitrogens with one attached hydrogen (secondary N) is 2. The van der Waals surface area contributed by atoms with Gasteiger partial charge in [-0.1, -0.05) is 36.4 Å². The number of carbonyl (C=O) groups is 2. The molecule has 2 amide bonds. The number of para-hydroxylation sites is 2. The van der Waals surface area contributed by atoms with Crippen molar-refractivity contribution in [3.8, 4) is 0 Å². The van der Waals surface area contributed by atoms with Gasteiger partial charge in [0.05, 0.1) is 28.2 Å². The highest BCUT2D eigenvalue weighted by Crippen LogP contribution is 2.53. The number of hydrogen-bond donors (Lipinski definition) is 2. The van der Waals surface area contributed by atoms with E-state index < -0.39 is 0 Å². The fraction of sp³-hybridized carbons (Fsp3) is 0.231. The Morgan fingerprint density at radius 2 is 1.38 bits per heavy atom. The monoisotopic (exact) mass is 420 g/mol. The first-order chi connectivity index (χ1) is 15.7. The van der Waals surface area contributed by atoms with Gasteiger partial charge in [-0.3, -0.25) is 14.9 Å². The summed E-state index contributed by atoms with van der Waals surface area (Å²) < 4.78 is 4.93. The first-order valence-electron chi connectivity index (χ1n) is 11.2. The Hall–Kier alpha value is -3.64. The van der Waals surface area contributed by atoms with E-state index in [-0.39, 0.29) is 17.9 Å². The highest BCUT2D eigenvalue weighted by atomic mass is 16.2. The number of benzene rings is 3. The van der Waals surface area contributed by atoms with Crippen molar-refractivity contribution >= 4 is 55.4 Å². The van der Waals surface area contributed by atoms with Crippen molar-refractivity contribution in [1.29, 1.82) is 0 Å². The molecule has 2 aromatic heterocycles. The van der Waals surface area contributed by atoms with Crippen LogP contribution in [0, 0.1) is 0 Å². The van der Waals surface area contributed by atoms with Crippen molar-refractivity contribution in [2.45, 2.75) is 31.0 Å². The number of likely N-dealkylation sites (N-methyl/N-ethyl adjacent to an activating group) is 1. The summed E-state index contributed by atoms with van der Waals surface area (Å²) in [6.07, 6.45) is 2.05. The van der Waals surface area contributed by atoms with Gasteiger partial charge in [0.1, 0.15) is 0 Å². The van der Waals surface area contributed by atoms with Crippen molar-refractivity contribution in [3.63, 3.8) is 0 Å². The third kappa shape index (κ3) is 1.68. The molecule has 6 heteroatoms. The van der Waals surface area contributed by atoms with E-state index in [1.807, 2.05) is 19.2 Å². The van der Waals surface area contributed by atoms with E-state index in [9.17, 15) is 9.59 Å². The van der Waals surface area contributed by atoms with Gasteiger partial charge < -0.3 is 14.5 Å². The van der Waals surface area contributed by atoms with Crippen LogP contribution in [0.25, 0.3) is 43.6 Å². The van der Waals surface area contributed by atoms with Gasteiger partial charge in [0.2, 0.25) is 0 Å². The summed E-state index contributed by atoms with van der Waals surface area (Å²) in [6, 6.07) is 17.6. The molecule has 156 valence electrons. The van der Waals surface area contributed by atoms with Crippen molar-refractivity contribution < 1.29 is 9.59 Å². The average Bonchev–Trinajstić information content (AvgIpc) is 3.50. The van der Waals surface area contributed by atoms with E-state index in [4.69, 9.17) is 0 Å². The van der Waals surface area contributed by atoms with Crippen LogP contribution in [0.1, 0.15) is 45.6 Å². The second-order valence-electron chi connectivity index (χ2n) is 9.34. The topological polar surface area (TPSA) is 68.1 Å². The standard InChI is InChI=1S/C26H20N4O2/c1-27-15-10-12-11-18(15)30-17-9-5-3-7-14(17)20-22-21(25(31)28-26(22)32)19-13-6-2-4-8-16(13)29(12)23(19)24(20)30/h2-9,12,15,18,27H,10-11H2,1H3,(H,28,31,32). The van der Waals surface area contributed by atoms with Crippen LogP contribution >= 0.6 is 0 Å². The minimum absolute atomic E-state index is 0.283. The molecule has 1 aliphatic carbocycles. The molecule has 6 nitrogen and oxygen atoms in total. The van der Waals surface area contributed by atoms with Crippen LogP contribution in [0.3, 0.4) is 0 Å². The lowest BCUT2D eigenvalue weighted by Gasteiger charge is -2.23. The zero-order chi connectivity index (χ0) is 21.3. The van der Waals surface area contributed by atoms with Crippen molar-refractivity contribution in [1.82, 2.24) is 19.8 Å². The molecule has 5 aromatic rings. The van der Waals surface area contributed by atoms with Crippen LogP contribution in [0.5, 0.6) is 0 Å². The first-order valence-corrected chi connectivity index (χ1v) is 11.2. The zero-order valence-electron chi connectivity index (χ0n) is 17.5. The largest absolute Gasteiger partial charge is 0.335 e. The third-order valence-corrected chi connectivity index (χ3v) is 8.05. The summed E-state index contributed by atoms with van der Waals surface area (Å²) in [5.41, 5.74) is 5.54. The minimum atomic E-state index is -0.286. The number of fused-ring (bicyclic) bond motifs is 13. The number of imide groups is 1. The summed E-state index contributed by atoms with van der Waals surface area (Å²) >= 11 is 0. The lowest BCUT2D eigenvalue weighted by Crippen LogP contribution is -2.31.